The van der Waals surface area contributed by atoms with Crippen LogP contribution in [0.25, 0.3) is 0 Å². The van der Waals surface area contributed by atoms with Gasteiger partial charge in [-0.15, -0.1) is 0 Å². The fourth-order valence-corrected chi connectivity index (χ4v) is 2.47. The van der Waals surface area contributed by atoms with Gasteiger partial charge < -0.3 is 9.84 Å². The van der Waals surface area contributed by atoms with Crippen molar-refractivity contribution in [1.82, 2.24) is 0 Å². The highest BCUT2D eigenvalue weighted by Crippen LogP contribution is 2.36. The highest BCUT2D eigenvalue weighted by molar-refractivity contribution is 5.44. The lowest BCUT2D eigenvalue weighted by molar-refractivity contribution is 0.180. The van der Waals surface area contributed by atoms with Crippen molar-refractivity contribution >= 4 is 0 Å². The molecular formula is C15H22O2. The van der Waals surface area contributed by atoms with E-state index < -0.39 is 0 Å². The summed E-state index contributed by atoms with van der Waals surface area (Å²) in [7, 11) is 0. The SMILES string of the molecule is CCC(CC)COc1cccc2c1CCC2O. The van der Waals surface area contributed by atoms with Crippen molar-refractivity contribution in [3.8, 4) is 5.75 Å². The zero-order valence-corrected chi connectivity index (χ0v) is 10.8. The first-order valence-corrected chi connectivity index (χ1v) is 6.68. The number of aliphatic hydroxyl groups is 1. The van der Waals surface area contributed by atoms with E-state index in [1.807, 2.05) is 18.2 Å². The van der Waals surface area contributed by atoms with Crippen LogP contribution < -0.4 is 4.74 Å². The Labute approximate surface area is 104 Å². The van der Waals surface area contributed by atoms with E-state index in [4.69, 9.17) is 4.74 Å². The highest BCUT2D eigenvalue weighted by atomic mass is 16.5. The number of ether oxygens (including phenoxy) is 1. The first kappa shape index (κ1) is 12.4. The first-order chi connectivity index (χ1) is 8.26. The van der Waals surface area contributed by atoms with Crippen LogP contribution in [0.5, 0.6) is 5.75 Å². The third-order valence-corrected chi connectivity index (χ3v) is 3.83. The molecule has 0 spiro atoms. The van der Waals surface area contributed by atoms with E-state index >= 15 is 0 Å². The summed E-state index contributed by atoms with van der Waals surface area (Å²) >= 11 is 0. The van der Waals surface area contributed by atoms with Gasteiger partial charge in [0.25, 0.3) is 0 Å². The van der Waals surface area contributed by atoms with Gasteiger partial charge in [0.05, 0.1) is 12.7 Å². The van der Waals surface area contributed by atoms with Gasteiger partial charge in [-0.2, -0.15) is 0 Å². The Balaban J connectivity index is 2.07. The standard InChI is InChI=1S/C15H22O2/c1-3-11(4-2)10-17-15-7-5-6-12-13(15)8-9-14(12)16/h5-7,11,14,16H,3-4,8-10H2,1-2H3. The zero-order chi connectivity index (χ0) is 12.3. The molecule has 1 aliphatic rings. The van der Waals surface area contributed by atoms with Crippen molar-refractivity contribution in [3.05, 3.63) is 29.3 Å². The quantitative estimate of drug-likeness (QED) is 0.845. The number of hydrogen-bond acceptors (Lipinski definition) is 2. The van der Waals surface area contributed by atoms with Crippen molar-refractivity contribution < 1.29 is 9.84 Å². The smallest absolute Gasteiger partial charge is 0.122 e. The van der Waals surface area contributed by atoms with Crippen LogP contribution in [-0.2, 0) is 6.42 Å². The minimum absolute atomic E-state index is 0.290. The van der Waals surface area contributed by atoms with E-state index in [0.29, 0.717) is 5.92 Å². The molecule has 1 N–H and O–H groups in total. The molecule has 2 heteroatoms. The Hall–Kier alpha value is -1.02. The Morgan fingerprint density at radius 3 is 2.82 bits per heavy atom. The van der Waals surface area contributed by atoms with Crippen molar-refractivity contribution in [2.75, 3.05) is 6.61 Å². The fraction of sp³-hybridized carbons (Fsp3) is 0.600. The summed E-state index contributed by atoms with van der Waals surface area (Å²) < 4.78 is 5.93. The van der Waals surface area contributed by atoms with E-state index in [2.05, 4.69) is 13.8 Å². The van der Waals surface area contributed by atoms with Crippen molar-refractivity contribution in [3.63, 3.8) is 0 Å². The molecular weight excluding hydrogens is 212 g/mol. The van der Waals surface area contributed by atoms with Crippen LogP contribution in [-0.4, -0.2) is 11.7 Å². The molecule has 2 nitrogen and oxygen atoms in total. The summed E-state index contributed by atoms with van der Waals surface area (Å²) in [5, 5.41) is 9.82. The minimum atomic E-state index is -0.290. The van der Waals surface area contributed by atoms with E-state index in [9.17, 15) is 5.11 Å². The fourth-order valence-electron chi connectivity index (χ4n) is 2.47. The predicted octanol–water partition coefficient (Wildman–Crippen LogP) is 3.48. The molecule has 0 radical (unpaired) electrons. The minimum Gasteiger partial charge on any atom is -0.493 e. The second-order valence-electron chi connectivity index (χ2n) is 4.87. The summed E-state index contributed by atoms with van der Waals surface area (Å²) in [5.74, 6) is 1.61. The second-order valence-corrected chi connectivity index (χ2v) is 4.87. The third kappa shape index (κ3) is 2.63. The monoisotopic (exact) mass is 234 g/mol. The Morgan fingerprint density at radius 1 is 1.35 bits per heavy atom. The largest absolute Gasteiger partial charge is 0.493 e. The maximum Gasteiger partial charge on any atom is 0.122 e. The molecule has 17 heavy (non-hydrogen) atoms. The maximum atomic E-state index is 9.82. The summed E-state index contributed by atoms with van der Waals surface area (Å²) in [6, 6.07) is 6.02. The van der Waals surface area contributed by atoms with Gasteiger partial charge in [0.2, 0.25) is 0 Å². The molecule has 0 bridgehead atoms. The lowest BCUT2D eigenvalue weighted by Crippen LogP contribution is -2.11. The molecule has 0 amide bonds. The van der Waals surface area contributed by atoms with Gasteiger partial charge in [-0.3, -0.25) is 0 Å². The summed E-state index contributed by atoms with van der Waals surface area (Å²) in [5.41, 5.74) is 2.28. The molecule has 1 aliphatic carbocycles. The Kier molecular flexibility index (Phi) is 4.06. The molecule has 1 aromatic rings. The molecule has 1 unspecified atom stereocenters. The van der Waals surface area contributed by atoms with E-state index in [1.54, 1.807) is 0 Å². The molecule has 0 saturated carbocycles. The number of hydrogen-bond donors (Lipinski definition) is 1. The Bertz CT molecular complexity index is 369. The summed E-state index contributed by atoms with van der Waals surface area (Å²) in [6.07, 6.45) is 3.81. The Morgan fingerprint density at radius 2 is 2.12 bits per heavy atom. The van der Waals surface area contributed by atoms with Crippen molar-refractivity contribution in [2.45, 2.75) is 45.6 Å². The van der Waals surface area contributed by atoms with Gasteiger partial charge in [-0.25, -0.2) is 0 Å². The van der Waals surface area contributed by atoms with Gasteiger partial charge in [-0.1, -0.05) is 38.8 Å². The number of fused-ring (bicyclic) bond motifs is 1. The van der Waals surface area contributed by atoms with Crippen molar-refractivity contribution in [1.29, 1.82) is 0 Å². The van der Waals surface area contributed by atoms with E-state index in [0.717, 1.165) is 43.6 Å². The normalized spacial score (nSPS) is 18.5. The summed E-state index contributed by atoms with van der Waals surface area (Å²) in [6.45, 7) is 5.20. The van der Waals surface area contributed by atoms with E-state index in [-0.39, 0.29) is 6.10 Å². The van der Waals surface area contributed by atoms with Gasteiger partial charge in [0.1, 0.15) is 5.75 Å². The van der Waals surface area contributed by atoms with Crippen LogP contribution in [0.4, 0.5) is 0 Å². The summed E-state index contributed by atoms with van der Waals surface area (Å²) in [4.78, 5) is 0. The highest BCUT2D eigenvalue weighted by Gasteiger charge is 2.23. The molecule has 0 fully saturated rings. The predicted molar refractivity (Wildman–Crippen MR) is 69.3 cm³/mol. The lowest BCUT2D eigenvalue weighted by Gasteiger charge is -2.16. The second kappa shape index (κ2) is 5.54. The van der Waals surface area contributed by atoms with Gasteiger partial charge >= 0.3 is 0 Å². The number of rotatable bonds is 5. The number of aliphatic hydroxyl groups excluding tert-OH is 1. The first-order valence-electron chi connectivity index (χ1n) is 6.68. The molecule has 0 saturated heterocycles. The molecule has 0 aliphatic heterocycles. The molecule has 0 aromatic heterocycles. The van der Waals surface area contributed by atoms with Gasteiger partial charge in [0, 0.05) is 5.56 Å². The third-order valence-electron chi connectivity index (χ3n) is 3.83. The van der Waals surface area contributed by atoms with Crippen LogP contribution in [0.3, 0.4) is 0 Å². The molecule has 0 heterocycles. The van der Waals surface area contributed by atoms with Crippen LogP contribution >= 0.6 is 0 Å². The molecule has 2 rings (SSSR count). The van der Waals surface area contributed by atoms with Crippen LogP contribution in [0.2, 0.25) is 0 Å². The molecule has 94 valence electrons. The molecule has 1 atom stereocenters. The van der Waals surface area contributed by atoms with Gasteiger partial charge in [-0.05, 0) is 30.4 Å². The van der Waals surface area contributed by atoms with Crippen molar-refractivity contribution in [2.24, 2.45) is 5.92 Å². The molecule has 1 aromatic carbocycles. The van der Waals surface area contributed by atoms with Crippen LogP contribution in [0.15, 0.2) is 18.2 Å². The topological polar surface area (TPSA) is 29.5 Å². The van der Waals surface area contributed by atoms with Gasteiger partial charge in [0.15, 0.2) is 0 Å². The number of benzene rings is 1. The zero-order valence-electron chi connectivity index (χ0n) is 10.8. The lowest BCUT2D eigenvalue weighted by atomic mass is 10.0. The average molecular weight is 234 g/mol. The maximum absolute atomic E-state index is 9.82. The van der Waals surface area contributed by atoms with Crippen LogP contribution in [0.1, 0.15) is 50.3 Å². The van der Waals surface area contributed by atoms with Crippen LogP contribution in [0, 0.1) is 5.92 Å². The van der Waals surface area contributed by atoms with E-state index in [1.165, 1.54) is 5.56 Å². The average Bonchev–Trinajstić information content (AvgIpc) is 2.73.